The Hall–Kier alpha value is -2.57. The lowest BCUT2D eigenvalue weighted by atomic mass is 10.1. The van der Waals surface area contributed by atoms with Crippen molar-refractivity contribution in [1.82, 2.24) is 25.0 Å². The van der Waals surface area contributed by atoms with Gasteiger partial charge in [0.1, 0.15) is 0 Å². The Morgan fingerprint density at radius 1 is 1.45 bits per heavy atom. The van der Waals surface area contributed by atoms with E-state index in [1.807, 2.05) is 33.2 Å². The summed E-state index contributed by atoms with van der Waals surface area (Å²) in [4.78, 5) is 28.3. The molecule has 2 heterocycles. The van der Waals surface area contributed by atoms with Gasteiger partial charge in [-0.2, -0.15) is 5.10 Å². The van der Waals surface area contributed by atoms with Gasteiger partial charge in [-0.05, 0) is 25.5 Å². The number of carbonyl (C=O) groups is 1. The van der Waals surface area contributed by atoms with Crippen molar-refractivity contribution < 1.29 is 4.79 Å². The van der Waals surface area contributed by atoms with Gasteiger partial charge < -0.3 is 15.2 Å². The molecule has 2 aromatic heterocycles. The average molecular weight is 303 g/mol. The fourth-order valence-electron chi connectivity index (χ4n) is 2.30. The van der Waals surface area contributed by atoms with Crippen molar-refractivity contribution in [3.05, 3.63) is 51.2 Å². The lowest BCUT2D eigenvalue weighted by molar-refractivity contribution is 0.206. The number of aromatic nitrogens is 3. The first kappa shape index (κ1) is 15.8. The minimum atomic E-state index is -0.233. The molecule has 0 aliphatic carbocycles. The van der Waals surface area contributed by atoms with Crippen molar-refractivity contribution in [2.45, 2.75) is 26.9 Å². The Balaban J connectivity index is 1.96. The standard InChI is InChI=1S/C15H21N5O2/c1-10-5-11(2)18-14(21)13(10)7-16-15(22)19(3)8-12-6-17-20(4)9-12/h5-6,9H,7-8H2,1-4H3,(H,16,22)(H,18,21). The Morgan fingerprint density at radius 2 is 2.18 bits per heavy atom. The summed E-state index contributed by atoms with van der Waals surface area (Å²) in [6.07, 6.45) is 3.58. The van der Waals surface area contributed by atoms with Crippen LogP contribution in [0, 0.1) is 13.8 Å². The fourth-order valence-corrected chi connectivity index (χ4v) is 2.30. The van der Waals surface area contributed by atoms with Gasteiger partial charge in [-0.1, -0.05) is 0 Å². The minimum Gasteiger partial charge on any atom is -0.334 e. The molecule has 0 atom stereocenters. The lowest BCUT2D eigenvalue weighted by Gasteiger charge is -2.17. The normalized spacial score (nSPS) is 10.5. The van der Waals surface area contributed by atoms with Gasteiger partial charge in [0.05, 0.1) is 19.3 Å². The summed E-state index contributed by atoms with van der Waals surface area (Å²) >= 11 is 0. The molecule has 0 radical (unpaired) electrons. The van der Waals surface area contributed by atoms with Gasteiger partial charge in [0, 0.05) is 37.1 Å². The van der Waals surface area contributed by atoms with Gasteiger partial charge in [0.2, 0.25) is 0 Å². The number of aromatic amines is 1. The third-order valence-corrected chi connectivity index (χ3v) is 3.43. The highest BCUT2D eigenvalue weighted by Gasteiger charge is 2.12. The van der Waals surface area contributed by atoms with E-state index in [1.165, 1.54) is 0 Å². The number of nitrogens with one attached hydrogen (secondary N) is 2. The number of pyridine rings is 1. The number of amides is 2. The van der Waals surface area contributed by atoms with Crippen LogP contribution < -0.4 is 10.9 Å². The molecule has 7 heteroatoms. The van der Waals surface area contributed by atoms with Crippen LogP contribution >= 0.6 is 0 Å². The molecule has 2 rings (SSSR count). The molecule has 0 spiro atoms. The molecule has 0 saturated heterocycles. The van der Waals surface area contributed by atoms with Gasteiger partial charge in [0.15, 0.2) is 0 Å². The highest BCUT2D eigenvalue weighted by atomic mass is 16.2. The largest absolute Gasteiger partial charge is 0.334 e. The molecule has 0 bridgehead atoms. The van der Waals surface area contributed by atoms with E-state index in [0.717, 1.165) is 16.8 Å². The van der Waals surface area contributed by atoms with E-state index in [-0.39, 0.29) is 18.1 Å². The van der Waals surface area contributed by atoms with Crippen molar-refractivity contribution in [1.29, 1.82) is 0 Å². The fraction of sp³-hybridized carbons (Fsp3) is 0.400. The van der Waals surface area contributed by atoms with E-state index in [2.05, 4.69) is 15.4 Å². The van der Waals surface area contributed by atoms with E-state index < -0.39 is 0 Å². The molecule has 22 heavy (non-hydrogen) atoms. The molecule has 7 nitrogen and oxygen atoms in total. The molecule has 0 aliphatic rings. The third-order valence-electron chi connectivity index (χ3n) is 3.43. The summed E-state index contributed by atoms with van der Waals surface area (Å²) in [6.45, 7) is 4.36. The topological polar surface area (TPSA) is 83.0 Å². The van der Waals surface area contributed by atoms with Crippen LogP contribution in [0.15, 0.2) is 23.3 Å². The van der Waals surface area contributed by atoms with Gasteiger partial charge >= 0.3 is 6.03 Å². The average Bonchev–Trinajstić information content (AvgIpc) is 2.82. The maximum Gasteiger partial charge on any atom is 0.317 e. The Labute approximate surface area is 129 Å². The second kappa shape index (κ2) is 6.46. The maximum absolute atomic E-state index is 12.1. The number of urea groups is 1. The predicted octanol–water partition coefficient (Wildman–Crippen LogP) is 1.07. The third kappa shape index (κ3) is 3.75. The molecule has 0 aromatic carbocycles. The van der Waals surface area contributed by atoms with E-state index >= 15 is 0 Å². The van der Waals surface area contributed by atoms with Gasteiger partial charge in [0.25, 0.3) is 5.56 Å². The van der Waals surface area contributed by atoms with E-state index in [1.54, 1.807) is 22.8 Å². The number of H-pyrrole nitrogens is 1. The van der Waals surface area contributed by atoms with Crippen LogP contribution in [-0.4, -0.2) is 32.7 Å². The van der Waals surface area contributed by atoms with E-state index in [4.69, 9.17) is 0 Å². The Kier molecular flexibility index (Phi) is 4.65. The molecule has 118 valence electrons. The molecule has 2 N–H and O–H groups in total. The first-order chi connectivity index (χ1) is 10.4. The lowest BCUT2D eigenvalue weighted by Crippen LogP contribution is -2.37. The van der Waals surface area contributed by atoms with E-state index in [0.29, 0.717) is 12.1 Å². The summed E-state index contributed by atoms with van der Waals surface area (Å²) < 4.78 is 1.69. The summed E-state index contributed by atoms with van der Waals surface area (Å²) in [6, 6.07) is 1.66. The highest BCUT2D eigenvalue weighted by Crippen LogP contribution is 2.04. The van der Waals surface area contributed by atoms with Crippen molar-refractivity contribution in [2.75, 3.05) is 7.05 Å². The van der Waals surface area contributed by atoms with Crippen LogP contribution in [0.5, 0.6) is 0 Å². The van der Waals surface area contributed by atoms with Crippen LogP contribution in [-0.2, 0) is 20.1 Å². The second-order valence-electron chi connectivity index (χ2n) is 5.48. The van der Waals surface area contributed by atoms with E-state index in [9.17, 15) is 9.59 Å². The maximum atomic E-state index is 12.1. The SMILES string of the molecule is Cc1cc(C)c(CNC(=O)N(C)Cc2cnn(C)c2)c(=O)[nH]1. The van der Waals surface area contributed by atoms with Gasteiger partial charge in [-0.15, -0.1) is 0 Å². The van der Waals surface area contributed by atoms with Crippen LogP contribution in [0.4, 0.5) is 4.79 Å². The molecule has 0 fully saturated rings. The number of hydrogen-bond acceptors (Lipinski definition) is 3. The summed E-state index contributed by atoms with van der Waals surface area (Å²) in [7, 11) is 3.53. The zero-order valence-corrected chi connectivity index (χ0v) is 13.3. The van der Waals surface area contributed by atoms with Gasteiger partial charge in [-0.25, -0.2) is 4.79 Å². The minimum absolute atomic E-state index is 0.160. The second-order valence-corrected chi connectivity index (χ2v) is 5.48. The summed E-state index contributed by atoms with van der Waals surface area (Å²) in [5.74, 6) is 0. The summed E-state index contributed by atoms with van der Waals surface area (Å²) in [5.41, 5.74) is 3.05. The highest BCUT2D eigenvalue weighted by molar-refractivity contribution is 5.73. The molecule has 0 saturated carbocycles. The monoisotopic (exact) mass is 303 g/mol. The van der Waals surface area contributed by atoms with Crippen molar-refractivity contribution >= 4 is 6.03 Å². The predicted molar refractivity (Wildman–Crippen MR) is 83.4 cm³/mol. The van der Waals surface area contributed by atoms with Crippen LogP contribution in [0.2, 0.25) is 0 Å². The zero-order valence-electron chi connectivity index (χ0n) is 13.3. The molecular formula is C15H21N5O2. The number of carbonyl (C=O) groups excluding carboxylic acids is 1. The smallest absolute Gasteiger partial charge is 0.317 e. The quantitative estimate of drug-likeness (QED) is 0.886. The number of nitrogens with zero attached hydrogens (tertiary/aromatic N) is 3. The number of hydrogen-bond donors (Lipinski definition) is 2. The first-order valence-corrected chi connectivity index (χ1v) is 7.02. The number of rotatable bonds is 4. The van der Waals surface area contributed by atoms with Gasteiger partial charge in [-0.3, -0.25) is 9.48 Å². The van der Waals surface area contributed by atoms with Crippen LogP contribution in [0.25, 0.3) is 0 Å². The van der Waals surface area contributed by atoms with Crippen LogP contribution in [0.3, 0.4) is 0 Å². The van der Waals surface area contributed by atoms with Crippen molar-refractivity contribution in [3.8, 4) is 0 Å². The molecule has 2 amide bonds. The number of aryl methyl sites for hydroxylation is 3. The molecule has 0 unspecified atom stereocenters. The molecular weight excluding hydrogens is 282 g/mol. The Bertz CT molecular complexity index is 732. The molecule has 2 aromatic rings. The Morgan fingerprint density at radius 3 is 2.77 bits per heavy atom. The zero-order chi connectivity index (χ0) is 16.3. The molecule has 0 aliphatic heterocycles. The van der Waals surface area contributed by atoms with Crippen molar-refractivity contribution in [3.63, 3.8) is 0 Å². The first-order valence-electron chi connectivity index (χ1n) is 7.02. The van der Waals surface area contributed by atoms with Crippen molar-refractivity contribution in [2.24, 2.45) is 7.05 Å². The van der Waals surface area contributed by atoms with Crippen LogP contribution in [0.1, 0.15) is 22.4 Å². The summed E-state index contributed by atoms with van der Waals surface area (Å²) in [5, 5.41) is 6.83.